The minimum Gasteiger partial charge on any atom is -0.493 e. The second-order valence-corrected chi connectivity index (χ2v) is 8.32. The Labute approximate surface area is 203 Å². The van der Waals surface area contributed by atoms with Gasteiger partial charge in [-0.1, -0.05) is 23.7 Å². The SMILES string of the molecule is COc1ccc(CCN(C)C(=O)c2cc(-c3ccc(C)o3)nn2-c2cccc(Cl)c2)cc1OC. The molecule has 4 rings (SSSR count). The third-order valence-corrected chi connectivity index (χ3v) is 5.74. The number of nitrogens with zero attached hydrogens (tertiary/aromatic N) is 3. The van der Waals surface area contributed by atoms with Crippen LogP contribution in [0, 0.1) is 6.92 Å². The molecule has 8 heteroatoms. The van der Waals surface area contributed by atoms with Crippen LogP contribution in [-0.4, -0.2) is 48.4 Å². The van der Waals surface area contributed by atoms with Gasteiger partial charge in [0, 0.05) is 24.7 Å². The molecule has 0 aliphatic heterocycles. The van der Waals surface area contributed by atoms with E-state index in [1.807, 2.05) is 49.4 Å². The number of hydrogen-bond donors (Lipinski definition) is 0. The first-order valence-electron chi connectivity index (χ1n) is 10.8. The van der Waals surface area contributed by atoms with Gasteiger partial charge < -0.3 is 18.8 Å². The Kier molecular flexibility index (Phi) is 6.93. The average molecular weight is 480 g/mol. The molecule has 4 aromatic rings. The van der Waals surface area contributed by atoms with Gasteiger partial charge in [0.15, 0.2) is 17.3 Å². The van der Waals surface area contributed by atoms with Crippen LogP contribution in [0.5, 0.6) is 11.5 Å². The molecule has 0 fully saturated rings. The van der Waals surface area contributed by atoms with Crippen LogP contribution in [0.4, 0.5) is 0 Å². The summed E-state index contributed by atoms with van der Waals surface area (Å²) in [5.41, 5.74) is 2.72. The molecule has 1 amide bonds. The fourth-order valence-corrected chi connectivity index (χ4v) is 3.85. The van der Waals surface area contributed by atoms with Crippen molar-refractivity contribution < 1.29 is 18.7 Å². The molecular formula is C26H26ClN3O4. The lowest BCUT2D eigenvalue weighted by Gasteiger charge is -2.18. The van der Waals surface area contributed by atoms with Crippen molar-refractivity contribution in [3.8, 4) is 28.6 Å². The summed E-state index contributed by atoms with van der Waals surface area (Å²) in [6.07, 6.45) is 0.651. The number of amides is 1. The lowest BCUT2D eigenvalue weighted by molar-refractivity contribution is 0.0787. The van der Waals surface area contributed by atoms with Crippen molar-refractivity contribution in [1.29, 1.82) is 0 Å². The molecule has 0 aliphatic rings. The fraction of sp³-hybridized carbons (Fsp3) is 0.231. The predicted molar refractivity (Wildman–Crippen MR) is 131 cm³/mol. The van der Waals surface area contributed by atoms with E-state index in [0.29, 0.717) is 52.3 Å². The minimum absolute atomic E-state index is 0.164. The van der Waals surface area contributed by atoms with Crippen LogP contribution in [0.25, 0.3) is 17.1 Å². The van der Waals surface area contributed by atoms with Gasteiger partial charge >= 0.3 is 0 Å². The third kappa shape index (κ3) is 4.94. The van der Waals surface area contributed by atoms with Crippen LogP contribution in [0.1, 0.15) is 21.8 Å². The molecule has 0 N–H and O–H groups in total. The molecule has 0 saturated heterocycles. The number of likely N-dealkylation sites (N-methyl/N-ethyl adjacent to an activating group) is 1. The van der Waals surface area contributed by atoms with Crippen molar-refractivity contribution >= 4 is 17.5 Å². The molecule has 7 nitrogen and oxygen atoms in total. The third-order valence-electron chi connectivity index (χ3n) is 5.50. The number of aromatic nitrogens is 2. The van der Waals surface area contributed by atoms with E-state index in [2.05, 4.69) is 5.10 Å². The number of benzene rings is 2. The van der Waals surface area contributed by atoms with Gasteiger partial charge in [-0.2, -0.15) is 5.10 Å². The van der Waals surface area contributed by atoms with Gasteiger partial charge in [0.2, 0.25) is 0 Å². The summed E-state index contributed by atoms with van der Waals surface area (Å²) in [6, 6.07) is 18.4. The summed E-state index contributed by atoms with van der Waals surface area (Å²) in [5, 5.41) is 5.21. The van der Waals surface area contributed by atoms with Crippen LogP contribution in [-0.2, 0) is 6.42 Å². The quantitative estimate of drug-likeness (QED) is 0.337. The van der Waals surface area contributed by atoms with Crippen molar-refractivity contribution in [1.82, 2.24) is 14.7 Å². The van der Waals surface area contributed by atoms with E-state index >= 15 is 0 Å². The van der Waals surface area contributed by atoms with E-state index in [1.54, 1.807) is 49.0 Å². The first-order chi connectivity index (χ1) is 16.4. The molecule has 2 heterocycles. The Morgan fingerprint density at radius 3 is 2.53 bits per heavy atom. The van der Waals surface area contributed by atoms with Gasteiger partial charge in [0.25, 0.3) is 5.91 Å². The van der Waals surface area contributed by atoms with E-state index in [9.17, 15) is 4.79 Å². The van der Waals surface area contributed by atoms with E-state index < -0.39 is 0 Å². The lowest BCUT2D eigenvalue weighted by atomic mass is 10.1. The zero-order chi connectivity index (χ0) is 24.2. The summed E-state index contributed by atoms with van der Waals surface area (Å²) >= 11 is 6.21. The molecule has 34 heavy (non-hydrogen) atoms. The fourth-order valence-electron chi connectivity index (χ4n) is 3.66. The van der Waals surface area contributed by atoms with Crippen molar-refractivity contribution in [2.75, 3.05) is 27.8 Å². The Morgan fingerprint density at radius 1 is 1.06 bits per heavy atom. The highest BCUT2D eigenvalue weighted by Crippen LogP contribution is 2.28. The smallest absolute Gasteiger partial charge is 0.272 e. The van der Waals surface area contributed by atoms with Crippen molar-refractivity contribution in [3.05, 3.63) is 82.7 Å². The summed E-state index contributed by atoms with van der Waals surface area (Å²) in [6.45, 7) is 2.37. The van der Waals surface area contributed by atoms with Crippen LogP contribution >= 0.6 is 11.6 Å². The molecule has 0 spiro atoms. The van der Waals surface area contributed by atoms with Crippen LogP contribution in [0.15, 0.2) is 65.1 Å². The summed E-state index contributed by atoms with van der Waals surface area (Å²) in [7, 11) is 4.98. The highest BCUT2D eigenvalue weighted by molar-refractivity contribution is 6.30. The molecule has 0 saturated carbocycles. The van der Waals surface area contributed by atoms with E-state index in [-0.39, 0.29) is 5.91 Å². The molecule has 0 atom stereocenters. The first kappa shape index (κ1) is 23.4. The zero-order valence-electron chi connectivity index (χ0n) is 19.5. The molecule has 0 radical (unpaired) electrons. The maximum absolute atomic E-state index is 13.5. The molecule has 176 valence electrons. The van der Waals surface area contributed by atoms with Crippen LogP contribution in [0.2, 0.25) is 5.02 Å². The Morgan fingerprint density at radius 2 is 1.85 bits per heavy atom. The van der Waals surface area contributed by atoms with Gasteiger partial charge in [0.05, 0.1) is 19.9 Å². The predicted octanol–water partition coefficient (Wildman–Crippen LogP) is 5.43. The minimum atomic E-state index is -0.164. The highest BCUT2D eigenvalue weighted by atomic mass is 35.5. The van der Waals surface area contributed by atoms with E-state index in [0.717, 1.165) is 11.3 Å². The number of hydrogen-bond acceptors (Lipinski definition) is 5. The monoisotopic (exact) mass is 479 g/mol. The Bertz CT molecular complexity index is 1310. The topological polar surface area (TPSA) is 69.7 Å². The van der Waals surface area contributed by atoms with E-state index in [1.165, 1.54) is 0 Å². The largest absolute Gasteiger partial charge is 0.493 e. The number of rotatable bonds is 8. The maximum Gasteiger partial charge on any atom is 0.272 e. The van der Waals surface area contributed by atoms with Gasteiger partial charge in [-0.05, 0) is 61.4 Å². The zero-order valence-corrected chi connectivity index (χ0v) is 20.3. The van der Waals surface area contributed by atoms with Gasteiger partial charge in [-0.3, -0.25) is 4.79 Å². The number of halogens is 1. The molecule has 0 aliphatic carbocycles. The second kappa shape index (κ2) is 10.1. The standard InChI is InChI=1S/C26H26ClN3O4/c1-17-8-10-23(34-17)21-16-22(30(28-21)20-7-5-6-19(27)15-20)26(31)29(2)13-12-18-9-11-24(32-3)25(14-18)33-4/h5-11,14-16H,12-13H2,1-4H3. The Balaban J connectivity index is 1.60. The van der Waals surface area contributed by atoms with Crippen LogP contribution < -0.4 is 9.47 Å². The number of ether oxygens (including phenoxy) is 2. The number of aryl methyl sites for hydroxylation is 1. The lowest BCUT2D eigenvalue weighted by Crippen LogP contribution is -2.30. The Hall–Kier alpha value is -3.71. The van der Waals surface area contributed by atoms with Gasteiger partial charge in [-0.15, -0.1) is 0 Å². The van der Waals surface area contributed by atoms with Crippen molar-refractivity contribution in [2.24, 2.45) is 0 Å². The van der Waals surface area contributed by atoms with E-state index in [4.69, 9.17) is 25.5 Å². The number of furan rings is 1. The first-order valence-corrected chi connectivity index (χ1v) is 11.2. The highest BCUT2D eigenvalue weighted by Gasteiger charge is 2.22. The average Bonchev–Trinajstić information content (AvgIpc) is 3.48. The molecule has 2 aromatic heterocycles. The summed E-state index contributed by atoms with van der Waals surface area (Å²) in [5.74, 6) is 2.53. The molecule has 0 unspecified atom stereocenters. The van der Waals surface area contributed by atoms with Crippen molar-refractivity contribution in [3.63, 3.8) is 0 Å². The van der Waals surface area contributed by atoms with Gasteiger partial charge in [0.1, 0.15) is 17.1 Å². The summed E-state index contributed by atoms with van der Waals surface area (Å²) < 4.78 is 18.0. The normalized spacial score (nSPS) is 10.9. The van der Waals surface area contributed by atoms with Crippen molar-refractivity contribution in [2.45, 2.75) is 13.3 Å². The molecule has 0 bridgehead atoms. The number of methoxy groups -OCH3 is 2. The summed E-state index contributed by atoms with van der Waals surface area (Å²) in [4.78, 5) is 15.1. The number of carbonyl (C=O) groups excluding carboxylic acids is 1. The number of carbonyl (C=O) groups is 1. The van der Waals surface area contributed by atoms with Gasteiger partial charge in [-0.25, -0.2) is 4.68 Å². The van der Waals surface area contributed by atoms with Crippen LogP contribution in [0.3, 0.4) is 0 Å². The second-order valence-electron chi connectivity index (χ2n) is 7.88. The molecule has 2 aromatic carbocycles. The molecular weight excluding hydrogens is 454 g/mol. The maximum atomic E-state index is 13.5.